The Balaban J connectivity index is 2.97. The maximum Gasteiger partial charge on any atom is 0.247 e. The molecule has 0 radical (unpaired) electrons. The first kappa shape index (κ1) is 23.5. The molecule has 5 nitrogen and oxygen atoms in total. The Bertz CT molecular complexity index is 720. The average molecular weight is 408 g/mol. The van der Waals surface area contributed by atoms with E-state index in [1.807, 2.05) is 13.8 Å². The second-order valence-corrected chi connectivity index (χ2v) is 5.89. The van der Waals surface area contributed by atoms with E-state index in [1.165, 1.54) is 4.90 Å². The second-order valence-electron chi connectivity index (χ2n) is 5.89. The number of halogens is 5. The first-order chi connectivity index (χ1) is 13.2. The number of nitrogens with one attached hydrogen (secondary N) is 1. The number of hydrogen-bond acceptors (Lipinski definition) is 3. The summed E-state index contributed by atoms with van der Waals surface area (Å²) in [6.45, 7) is 3.76. The quantitative estimate of drug-likeness (QED) is 0.286. The van der Waals surface area contributed by atoms with Crippen LogP contribution in [0.4, 0.5) is 22.0 Å². The van der Waals surface area contributed by atoms with Crippen molar-refractivity contribution in [2.24, 2.45) is 0 Å². The van der Waals surface area contributed by atoms with Crippen molar-refractivity contribution in [3.05, 3.63) is 40.7 Å². The Kier molecular flexibility index (Phi) is 9.04. The van der Waals surface area contributed by atoms with Crippen molar-refractivity contribution in [1.82, 2.24) is 10.2 Å². The molecule has 0 saturated heterocycles. The van der Waals surface area contributed by atoms with E-state index < -0.39 is 59.1 Å². The normalized spacial score (nSPS) is 12.3. The van der Waals surface area contributed by atoms with Crippen LogP contribution >= 0.6 is 0 Å². The van der Waals surface area contributed by atoms with E-state index in [4.69, 9.17) is 0 Å². The summed E-state index contributed by atoms with van der Waals surface area (Å²) in [6.07, 6.45) is 2.22. The minimum Gasteiger partial charge on any atom is -0.394 e. The zero-order valence-electron chi connectivity index (χ0n) is 15.4. The maximum absolute atomic E-state index is 13.6. The van der Waals surface area contributed by atoms with E-state index in [0.29, 0.717) is 38.1 Å². The van der Waals surface area contributed by atoms with Crippen molar-refractivity contribution >= 4 is 17.9 Å². The molecule has 0 fully saturated rings. The smallest absolute Gasteiger partial charge is 0.247 e. The molecule has 0 heterocycles. The Labute approximate surface area is 158 Å². The number of aliphatic hydroxyl groups excluding tert-OH is 1. The Morgan fingerprint density at radius 2 is 1.43 bits per heavy atom. The SMILES string of the molecule is CCCN(CCC)C(=O)[C@H](CO)NC(=O)C=Cc1c(F)c(F)c(F)c(F)c1F. The van der Waals surface area contributed by atoms with Gasteiger partial charge >= 0.3 is 0 Å². The zero-order valence-corrected chi connectivity index (χ0v) is 15.4. The van der Waals surface area contributed by atoms with Gasteiger partial charge in [0, 0.05) is 19.2 Å². The summed E-state index contributed by atoms with van der Waals surface area (Å²) in [5.74, 6) is -12.4. The Morgan fingerprint density at radius 1 is 0.964 bits per heavy atom. The van der Waals surface area contributed by atoms with Crippen LogP contribution in [-0.2, 0) is 9.59 Å². The van der Waals surface area contributed by atoms with Crippen LogP contribution in [0.15, 0.2) is 6.08 Å². The number of amides is 2. The molecule has 2 amide bonds. The fourth-order valence-corrected chi connectivity index (χ4v) is 2.42. The molecule has 0 bridgehead atoms. The number of rotatable bonds is 9. The van der Waals surface area contributed by atoms with Crippen LogP contribution in [0.3, 0.4) is 0 Å². The molecule has 1 atom stereocenters. The van der Waals surface area contributed by atoms with Crippen LogP contribution in [0, 0.1) is 29.1 Å². The highest BCUT2D eigenvalue weighted by molar-refractivity contribution is 5.95. The first-order valence-electron chi connectivity index (χ1n) is 8.59. The van der Waals surface area contributed by atoms with Gasteiger partial charge in [0.15, 0.2) is 23.3 Å². The highest BCUT2D eigenvalue weighted by Gasteiger charge is 2.26. The van der Waals surface area contributed by atoms with Crippen LogP contribution in [0.5, 0.6) is 0 Å². The van der Waals surface area contributed by atoms with Gasteiger partial charge < -0.3 is 15.3 Å². The van der Waals surface area contributed by atoms with Gasteiger partial charge in [-0.1, -0.05) is 13.8 Å². The molecule has 0 aliphatic heterocycles. The molecule has 10 heteroatoms. The standard InChI is InChI=1S/C18H21F5N2O3/c1-3-7-25(8-4-2)18(28)11(9-26)24-12(27)6-5-10-13(19)15(21)17(23)16(22)14(10)20/h5-6,11,26H,3-4,7-9H2,1-2H3,(H,24,27)/t11-/m0/s1. The highest BCUT2D eigenvalue weighted by atomic mass is 19.2. The Hall–Kier alpha value is -2.49. The molecular weight excluding hydrogens is 387 g/mol. The van der Waals surface area contributed by atoms with Gasteiger partial charge in [-0.15, -0.1) is 0 Å². The van der Waals surface area contributed by atoms with Crippen molar-refractivity contribution in [2.45, 2.75) is 32.7 Å². The van der Waals surface area contributed by atoms with Crippen molar-refractivity contribution in [2.75, 3.05) is 19.7 Å². The fourth-order valence-electron chi connectivity index (χ4n) is 2.42. The van der Waals surface area contributed by atoms with Gasteiger partial charge in [0.1, 0.15) is 6.04 Å². The zero-order chi connectivity index (χ0) is 21.4. The predicted molar refractivity (Wildman–Crippen MR) is 91.4 cm³/mol. The third-order valence-electron chi connectivity index (χ3n) is 3.74. The molecule has 0 saturated carbocycles. The molecule has 2 N–H and O–H groups in total. The molecule has 0 unspecified atom stereocenters. The van der Waals surface area contributed by atoms with Gasteiger partial charge in [0.05, 0.1) is 12.2 Å². The first-order valence-corrected chi connectivity index (χ1v) is 8.59. The molecular formula is C18H21F5N2O3. The van der Waals surface area contributed by atoms with Gasteiger partial charge in [-0.25, -0.2) is 22.0 Å². The van der Waals surface area contributed by atoms with Crippen LogP contribution in [0.2, 0.25) is 0 Å². The van der Waals surface area contributed by atoms with Crippen molar-refractivity contribution in [3.63, 3.8) is 0 Å². The molecule has 0 aromatic heterocycles. The molecule has 28 heavy (non-hydrogen) atoms. The summed E-state index contributed by atoms with van der Waals surface area (Å²) >= 11 is 0. The molecule has 1 aromatic carbocycles. The van der Waals surface area contributed by atoms with Crippen LogP contribution in [-0.4, -0.2) is 47.6 Å². The number of nitrogens with zero attached hydrogens (tertiary/aromatic N) is 1. The lowest BCUT2D eigenvalue weighted by Crippen LogP contribution is -2.50. The maximum atomic E-state index is 13.6. The number of hydrogen-bond donors (Lipinski definition) is 2. The third-order valence-corrected chi connectivity index (χ3v) is 3.74. The second kappa shape index (κ2) is 10.7. The highest BCUT2D eigenvalue weighted by Crippen LogP contribution is 2.23. The van der Waals surface area contributed by atoms with Crippen LogP contribution in [0.25, 0.3) is 6.08 Å². The van der Waals surface area contributed by atoms with Gasteiger partial charge in [-0.05, 0) is 18.9 Å². The van der Waals surface area contributed by atoms with E-state index >= 15 is 0 Å². The number of carbonyl (C=O) groups is 2. The number of benzene rings is 1. The largest absolute Gasteiger partial charge is 0.394 e. The summed E-state index contributed by atoms with van der Waals surface area (Å²) in [7, 11) is 0. The van der Waals surface area contributed by atoms with Gasteiger partial charge in [0.2, 0.25) is 17.6 Å². The van der Waals surface area contributed by atoms with E-state index in [2.05, 4.69) is 5.32 Å². The van der Waals surface area contributed by atoms with Crippen molar-refractivity contribution in [1.29, 1.82) is 0 Å². The summed E-state index contributed by atoms with van der Waals surface area (Å²) < 4.78 is 66.5. The molecule has 156 valence electrons. The lowest BCUT2D eigenvalue weighted by atomic mass is 10.1. The summed E-state index contributed by atoms with van der Waals surface area (Å²) in [5, 5.41) is 11.5. The molecule has 1 rings (SSSR count). The van der Waals surface area contributed by atoms with E-state index in [9.17, 15) is 36.6 Å². The van der Waals surface area contributed by atoms with Crippen molar-refractivity contribution in [3.8, 4) is 0 Å². The lowest BCUT2D eigenvalue weighted by Gasteiger charge is -2.26. The number of carbonyl (C=O) groups excluding carboxylic acids is 2. The Morgan fingerprint density at radius 3 is 1.86 bits per heavy atom. The van der Waals surface area contributed by atoms with E-state index in [-0.39, 0.29) is 0 Å². The molecule has 0 aliphatic rings. The average Bonchev–Trinajstić information content (AvgIpc) is 2.68. The van der Waals surface area contributed by atoms with E-state index in [1.54, 1.807) is 0 Å². The monoisotopic (exact) mass is 408 g/mol. The fraction of sp³-hybridized carbons (Fsp3) is 0.444. The van der Waals surface area contributed by atoms with E-state index in [0.717, 1.165) is 0 Å². The van der Waals surface area contributed by atoms with Gasteiger partial charge in [-0.3, -0.25) is 9.59 Å². The minimum atomic E-state index is -2.31. The lowest BCUT2D eigenvalue weighted by molar-refractivity contribution is -0.136. The topological polar surface area (TPSA) is 69.6 Å². The van der Waals surface area contributed by atoms with Gasteiger partial charge in [0.25, 0.3) is 0 Å². The van der Waals surface area contributed by atoms with Crippen LogP contribution < -0.4 is 5.32 Å². The molecule has 1 aromatic rings. The summed E-state index contributed by atoms with van der Waals surface area (Å²) in [6, 6.07) is -1.31. The summed E-state index contributed by atoms with van der Waals surface area (Å²) in [4.78, 5) is 25.7. The number of aliphatic hydroxyl groups is 1. The van der Waals surface area contributed by atoms with Crippen LogP contribution in [0.1, 0.15) is 32.3 Å². The third kappa shape index (κ3) is 5.51. The molecule has 0 aliphatic carbocycles. The predicted octanol–water partition coefficient (Wildman–Crippen LogP) is 2.52. The minimum absolute atomic E-state index is 0.402. The van der Waals surface area contributed by atoms with Gasteiger partial charge in [-0.2, -0.15) is 0 Å². The van der Waals surface area contributed by atoms with Crippen molar-refractivity contribution < 1.29 is 36.6 Å². The molecule has 0 spiro atoms. The summed E-state index contributed by atoms with van der Waals surface area (Å²) in [5.41, 5.74) is -1.29.